The topological polar surface area (TPSA) is 76.9 Å². The van der Waals surface area contributed by atoms with Gasteiger partial charge in [0.1, 0.15) is 5.52 Å². The average molecular weight is 300 g/mol. The summed E-state index contributed by atoms with van der Waals surface area (Å²) in [5.41, 5.74) is 0.428. The molecule has 1 aliphatic carbocycles. The third-order valence-corrected chi connectivity index (χ3v) is 4.34. The number of aromatic nitrogens is 3. The van der Waals surface area contributed by atoms with E-state index in [0.717, 1.165) is 25.7 Å². The van der Waals surface area contributed by atoms with Crippen LogP contribution in [0, 0.1) is 5.92 Å². The Morgan fingerprint density at radius 2 is 2.18 bits per heavy atom. The maximum absolute atomic E-state index is 12.4. The number of benzene rings is 1. The summed E-state index contributed by atoms with van der Waals surface area (Å²) >= 11 is 0. The van der Waals surface area contributed by atoms with Gasteiger partial charge in [-0.25, -0.2) is 4.68 Å². The molecular weight excluding hydrogens is 280 g/mol. The zero-order chi connectivity index (χ0) is 15.5. The lowest BCUT2D eigenvalue weighted by atomic mass is 9.84. The Morgan fingerprint density at radius 3 is 2.86 bits per heavy atom. The minimum atomic E-state index is -0.165. The molecular formula is C16H20N4O2. The van der Waals surface area contributed by atoms with Gasteiger partial charge >= 0.3 is 0 Å². The summed E-state index contributed by atoms with van der Waals surface area (Å²) in [5, 5.41) is 11.6. The Labute approximate surface area is 128 Å². The van der Waals surface area contributed by atoms with Gasteiger partial charge in [0.15, 0.2) is 0 Å². The monoisotopic (exact) mass is 300 g/mol. The summed E-state index contributed by atoms with van der Waals surface area (Å²) in [4.78, 5) is 24.5. The van der Waals surface area contributed by atoms with Crippen molar-refractivity contribution in [1.82, 2.24) is 20.3 Å². The van der Waals surface area contributed by atoms with Crippen molar-refractivity contribution in [1.29, 1.82) is 0 Å². The number of hydrogen-bond acceptors (Lipinski definition) is 4. The van der Waals surface area contributed by atoms with Crippen LogP contribution in [0.25, 0.3) is 10.9 Å². The van der Waals surface area contributed by atoms with Crippen molar-refractivity contribution < 1.29 is 4.79 Å². The summed E-state index contributed by atoms with van der Waals surface area (Å²) in [7, 11) is 0. The highest BCUT2D eigenvalue weighted by Gasteiger charge is 2.26. The highest BCUT2D eigenvalue weighted by atomic mass is 16.2. The van der Waals surface area contributed by atoms with Gasteiger partial charge in [-0.05, 0) is 31.4 Å². The van der Waals surface area contributed by atoms with E-state index in [1.54, 1.807) is 12.1 Å². The first-order valence-electron chi connectivity index (χ1n) is 7.82. The third-order valence-electron chi connectivity index (χ3n) is 4.34. The first-order valence-corrected chi connectivity index (χ1v) is 7.82. The largest absolute Gasteiger partial charge is 0.351 e. The summed E-state index contributed by atoms with van der Waals surface area (Å²) in [6.07, 6.45) is 3.82. The van der Waals surface area contributed by atoms with Crippen LogP contribution in [0.3, 0.4) is 0 Å². The number of nitrogens with zero attached hydrogens (tertiary/aromatic N) is 3. The number of fused-ring (bicyclic) bond motifs is 1. The molecule has 1 amide bonds. The van der Waals surface area contributed by atoms with Crippen molar-refractivity contribution in [3.63, 3.8) is 0 Å². The molecule has 22 heavy (non-hydrogen) atoms. The van der Waals surface area contributed by atoms with E-state index in [9.17, 15) is 9.59 Å². The molecule has 0 bridgehead atoms. The fraction of sp³-hybridized carbons (Fsp3) is 0.500. The van der Waals surface area contributed by atoms with E-state index in [4.69, 9.17) is 0 Å². The van der Waals surface area contributed by atoms with Crippen molar-refractivity contribution in [2.24, 2.45) is 5.92 Å². The van der Waals surface area contributed by atoms with E-state index >= 15 is 0 Å². The minimum Gasteiger partial charge on any atom is -0.351 e. The van der Waals surface area contributed by atoms with Gasteiger partial charge < -0.3 is 5.32 Å². The Kier molecular flexibility index (Phi) is 4.18. The summed E-state index contributed by atoms with van der Waals surface area (Å²) < 4.78 is 1.34. The summed E-state index contributed by atoms with van der Waals surface area (Å²) in [6.45, 7) is 2.34. The van der Waals surface area contributed by atoms with Crippen LogP contribution >= 0.6 is 0 Å². The molecule has 1 N–H and O–H groups in total. The quantitative estimate of drug-likeness (QED) is 0.907. The van der Waals surface area contributed by atoms with Crippen LogP contribution in [0.5, 0.6) is 0 Å². The van der Waals surface area contributed by atoms with Gasteiger partial charge in [0.25, 0.3) is 5.56 Å². The lowest BCUT2D eigenvalue weighted by Crippen LogP contribution is -2.44. The number of carbonyl (C=O) groups is 1. The molecule has 6 heteroatoms. The fourth-order valence-electron chi connectivity index (χ4n) is 2.62. The van der Waals surface area contributed by atoms with Gasteiger partial charge in [-0.1, -0.05) is 30.7 Å². The van der Waals surface area contributed by atoms with Crippen LogP contribution in [-0.4, -0.2) is 26.9 Å². The molecule has 0 saturated heterocycles. The molecule has 1 aliphatic rings. The van der Waals surface area contributed by atoms with Crippen molar-refractivity contribution in [2.75, 3.05) is 0 Å². The van der Waals surface area contributed by atoms with Gasteiger partial charge in [0.05, 0.1) is 11.9 Å². The van der Waals surface area contributed by atoms with Gasteiger partial charge in [0.2, 0.25) is 5.91 Å². The van der Waals surface area contributed by atoms with Crippen molar-refractivity contribution in [2.45, 2.75) is 45.2 Å². The molecule has 1 saturated carbocycles. The van der Waals surface area contributed by atoms with Crippen LogP contribution in [0.4, 0.5) is 0 Å². The Bertz CT molecular complexity index is 736. The summed E-state index contributed by atoms with van der Waals surface area (Å²) in [5.74, 6) is 0.244. The second kappa shape index (κ2) is 6.25. The van der Waals surface area contributed by atoms with E-state index < -0.39 is 0 Å². The molecule has 1 aromatic heterocycles. The number of hydrogen-bond donors (Lipinski definition) is 1. The zero-order valence-corrected chi connectivity index (χ0v) is 12.7. The summed E-state index contributed by atoms with van der Waals surface area (Å²) in [6, 6.07) is 7.06. The first kappa shape index (κ1) is 14.7. The SMILES string of the molecule is CC[C@@H](Cn1nnc2ccccc2c1=O)NC(=O)C1CCC1. The number of carbonyl (C=O) groups excluding carboxylic acids is 1. The Morgan fingerprint density at radius 1 is 1.41 bits per heavy atom. The smallest absolute Gasteiger partial charge is 0.277 e. The molecule has 1 atom stereocenters. The van der Waals surface area contributed by atoms with Gasteiger partial charge in [-0.3, -0.25) is 9.59 Å². The van der Waals surface area contributed by atoms with Crippen molar-refractivity contribution in [3.8, 4) is 0 Å². The number of nitrogens with one attached hydrogen (secondary N) is 1. The Hall–Kier alpha value is -2.24. The van der Waals surface area contributed by atoms with Crippen LogP contribution in [-0.2, 0) is 11.3 Å². The average Bonchev–Trinajstić information content (AvgIpc) is 2.47. The lowest BCUT2D eigenvalue weighted by Gasteiger charge is -2.27. The van der Waals surface area contributed by atoms with Crippen molar-refractivity contribution >= 4 is 16.8 Å². The third kappa shape index (κ3) is 2.86. The normalized spacial score (nSPS) is 16.2. The van der Waals surface area contributed by atoms with Crippen LogP contribution < -0.4 is 10.9 Å². The predicted molar refractivity (Wildman–Crippen MR) is 83.4 cm³/mol. The van der Waals surface area contributed by atoms with Gasteiger partial charge in [0, 0.05) is 12.0 Å². The van der Waals surface area contributed by atoms with E-state index in [0.29, 0.717) is 17.4 Å². The van der Waals surface area contributed by atoms with Crippen LogP contribution in [0.1, 0.15) is 32.6 Å². The molecule has 1 fully saturated rings. The maximum atomic E-state index is 12.4. The zero-order valence-electron chi connectivity index (χ0n) is 12.7. The van der Waals surface area contributed by atoms with E-state index in [1.807, 2.05) is 19.1 Å². The van der Waals surface area contributed by atoms with Crippen LogP contribution in [0.2, 0.25) is 0 Å². The standard InChI is InChI=1S/C16H20N4O2/c1-2-12(17-15(21)11-6-5-7-11)10-20-16(22)13-8-3-4-9-14(13)18-19-20/h3-4,8-9,11-12H,2,5-7,10H2,1H3,(H,17,21)/t12-/m0/s1. The first-order chi connectivity index (χ1) is 10.7. The van der Waals surface area contributed by atoms with Gasteiger partial charge in [-0.2, -0.15) is 0 Å². The fourth-order valence-corrected chi connectivity index (χ4v) is 2.62. The van der Waals surface area contributed by atoms with E-state index in [1.165, 1.54) is 4.68 Å². The molecule has 1 heterocycles. The second-order valence-electron chi connectivity index (χ2n) is 5.84. The molecule has 116 valence electrons. The predicted octanol–water partition coefficient (Wildman–Crippen LogP) is 1.49. The number of amides is 1. The van der Waals surface area contributed by atoms with Gasteiger partial charge in [-0.15, -0.1) is 5.10 Å². The molecule has 0 unspecified atom stereocenters. The molecule has 0 aliphatic heterocycles. The molecule has 0 radical (unpaired) electrons. The minimum absolute atomic E-state index is 0.0961. The second-order valence-corrected chi connectivity index (χ2v) is 5.84. The van der Waals surface area contributed by atoms with E-state index in [2.05, 4.69) is 15.6 Å². The maximum Gasteiger partial charge on any atom is 0.277 e. The molecule has 6 nitrogen and oxygen atoms in total. The van der Waals surface area contributed by atoms with Crippen molar-refractivity contribution in [3.05, 3.63) is 34.6 Å². The highest BCUT2D eigenvalue weighted by molar-refractivity contribution is 5.79. The highest BCUT2D eigenvalue weighted by Crippen LogP contribution is 2.26. The molecule has 3 rings (SSSR count). The molecule has 0 spiro atoms. The lowest BCUT2D eigenvalue weighted by molar-refractivity contribution is -0.128. The Balaban J connectivity index is 1.77. The molecule has 2 aromatic rings. The van der Waals surface area contributed by atoms with Crippen LogP contribution in [0.15, 0.2) is 29.1 Å². The molecule has 1 aromatic carbocycles. The van der Waals surface area contributed by atoms with E-state index in [-0.39, 0.29) is 23.4 Å². The number of rotatable bonds is 5.